The predicted molar refractivity (Wildman–Crippen MR) is 81.4 cm³/mol. The molecule has 1 fully saturated rings. The van der Waals surface area contributed by atoms with Crippen molar-refractivity contribution in [3.63, 3.8) is 0 Å². The zero-order chi connectivity index (χ0) is 18.0. The Bertz CT molecular complexity index is 742. The van der Waals surface area contributed by atoms with Crippen molar-refractivity contribution < 1.29 is 18.0 Å². The average Bonchev–Trinajstić information content (AvgIpc) is 3.02. The molecule has 0 aliphatic carbocycles. The van der Waals surface area contributed by atoms with Gasteiger partial charge >= 0.3 is 6.18 Å². The quantitative estimate of drug-likeness (QED) is 0.899. The molecule has 1 aromatic heterocycles. The monoisotopic (exact) mass is 354 g/mol. The van der Waals surface area contributed by atoms with Gasteiger partial charge in [0.1, 0.15) is 0 Å². The van der Waals surface area contributed by atoms with Crippen molar-refractivity contribution in [3.05, 3.63) is 35.7 Å². The number of nitrogens with zero attached hydrogens (tertiary/aromatic N) is 5. The molecular formula is C15H17F3N6O. The minimum Gasteiger partial charge on any atom is -0.368 e. The molecule has 0 bridgehead atoms. The summed E-state index contributed by atoms with van der Waals surface area (Å²) in [4.78, 5) is 13.5. The van der Waals surface area contributed by atoms with Gasteiger partial charge in [-0.05, 0) is 54.1 Å². The van der Waals surface area contributed by atoms with Crippen LogP contribution in [-0.2, 0) is 17.5 Å². The summed E-state index contributed by atoms with van der Waals surface area (Å²) < 4.78 is 39.4. The molecule has 0 saturated carbocycles. The van der Waals surface area contributed by atoms with Gasteiger partial charge in [0.05, 0.1) is 23.8 Å². The number of tetrazole rings is 1. The highest BCUT2D eigenvalue weighted by Crippen LogP contribution is 2.29. The van der Waals surface area contributed by atoms with E-state index in [-0.39, 0.29) is 6.04 Å². The van der Waals surface area contributed by atoms with Crippen LogP contribution in [0.5, 0.6) is 0 Å². The Morgan fingerprint density at radius 3 is 2.60 bits per heavy atom. The number of carbonyl (C=O) groups excluding carboxylic acids is 1. The highest BCUT2D eigenvalue weighted by molar-refractivity contribution is 5.79. The van der Waals surface area contributed by atoms with Crippen molar-refractivity contribution in [2.45, 2.75) is 38.0 Å². The molecule has 2 N–H and O–H groups in total. The summed E-state index contributed by atoms with van der Waals surface area (Å²) in [6.45, 7) is 0.981. The topological polar surface area (TPSA) is 89.9 Å². The van der Waals surface area contributed by atoms with Crippen LogP contribution >= 0.6 is 0 Å². The molecular weight excluding hydrogens is 337 g/mol. The van der Waals surface area contributed by atoms with E-state index in [9.17, 15) is 18.0 Å². The lowest BCUT2D eigenvalue weighted by Gasteiger charge is -2.32. The van der Waals surface area contributed by atoms with Crippen molar-refractivity contribution in [3.8, 4) is 5.69 Å². The van der Waals surface area contributed by atoms with Crippen LogP contribution in [0, 0.1) is 0 Å². The molecule has 1 aliphatic rings. The van der Waals surface area contributed by atoms with Gasteiger partial charge < -0.3 is 5.73 Å². The molecule has 25 heavy (non-hydrogen) atoms. The first kappa shape index (κ1) is 17.3. The number of hydrogen-bond donors (Lipinski definition) is 1. The summed E-state index contributed by atoms with van der Waals surface area (Å²) in [5, 5.41) is 11.4. The third-order valence-corrected chi connectivity index (χ3v) is 4.26. The zero-order valence-electron chi connectivity index (χ0n) is 13.3. The van der Waals surface area contributed by atoms with Crippen LogP contribution in [0.2, 0.25) is 0 Å². The highest BCUT2D eigenvalue weighted by atomic mass is 19.4. The van der Waals surface area contributed by atoms with E-state index < -0.39 is 17.6 Å². The lowest BCUT2D eigenvalue weighted by molar-refractivity contribution is -0.137. The molecule has 134 valence electrons. The Hall–Kier alpha value is -2.49. The van der Waals surface area contributed by atoms with E-state index in [4.69, 9.17) is 5.73 Å². The van der Waals surface area contributed by atoms with Crippen LogP contribution in [0.4, 0.5) is 13.2 Å². The zero-order valence-corrected chi connectivity index (χ0v) is 13.3. The van der Waals surface area contributed by atoms with Gasteiger partial charge in [0.2, 0.25) is 5.91 Å². The number of alkyl halides is 3. The summed E-state index contributed by atoms with van der Waals surface area (Å²) in [5.41, 5.74) is 5.12. The third kappa shape index (κ3) is 3.78. The van der Waals surface area contributed by atoms with Gasteiger partial charge in [-0.1, -0.05) is 6.42 Å². The van der Waals surface area contributed by atoms with E-state index >= 15 is 0 Å². The first-order valence-electron chi connectivity index (χ1n) is 7.84. The molecule has 1 aromatic carbocycles. The molecule has 1 atom stereocenters. The number of carbonyl (C=O) groups is 1. The van der Waals surface area contributed by atoms with Gasteiger partial charge in [0.25, 0.3) is 0 Å². The fourth-order valence-electron chi connectivity index (χ4n) is 2.98. The Morgan fingerprint density at radius 1 is 1.24 bits per heavy atom. The van der Waals surface area contributed by atoms with E-state index in [1.807, 2.05) is 4.90 Å². The normalized spacial score (nSPS) is 19.1. The number of halogens is 3. The van der Waals surface area contributed by atoms with E-state index in [0.717, 1.165) is 25.0 Å². The number of amides is 1. The molecule has 1 saturated heterocycles. The van der Waals surface area contributed by atoms with Gasteiger partial charge in [-0.3, -0.25) is 9.69 Å². The molecule has 0 spiro atoms. The lowest BCUT2D eigenvalue weighted by Crippen LogP contribution is -2.47. The second kappa shape index (κ2) is 6.79. The SMILES string of the molecule is NC(=O)C1CCCCN1Cc1nnnn1-c1ccc(C(F)(F)F)cc1. The Labute approximate surface area is 141 Å². The molecule has 7 nitrogen and oxygen atoms in total. The van der Waals surface area contributed by atoms with Gasteiger partial charge in [-0.25, -0.2) is 0 Å². The largest absolute Gasteiger partial charge is 0.416 e. The van der Waals surface area contributed by atoms with Crippen LogP contribution in [0.15, 0.2) is 24.3 Å². The smallest absolute Gasteiger partial charge is 0.368 e. The first-order chi connectivity index (χ1) is 11.9. The molecule has 10 heteroatoms. The molecule has 2 aromatic rings. The summed E-state index contributed by atoms with van der Waals surface area (Å²) in [5.74, 6) is 0.0427. The fourth-order valence-corrected chi connectivity index (χ4v) is 2.98. The van der Waals surface area contributed by atoms with E-state index in [2.05, 4.69) is 15.5 Å². The summed E-state index contributed by atoms with van der Waals surface area (Å²) in [7, 11) is 0. The summed E-state index contributed by atoms with van der Waals surface area (Å²) >= 11 is 0. The van der Waals surface area contributed by atoms with Crippen molar-refractivity contribution in [1.29, 1.82) is 0 Å². The lowest BCUT2D eigenvalue weighted by atomic mass is 10.0. The van der Waals surface area contributed by atoms with E-state index in [0.29, 0.717) is 31.0 Å². The van der Waals surface area contributed by atoms with Gasteiger partial charge in [0.15, 0.2) is 5.82 Å². The maximum atomic E-state index is 12.7. The van der Waals surface area contributed by atoms with Crippen molar-refractivity contribution >= 4 is 5.91 Å². The minimum atomic E-state index is -4.40. The number of piperidine rings is 1. The van der Waals surface area contributed by atoms with Gasteiger partial charge in [-0.15, -0.1) is 5.10 Å². The van der Waals surface area contributed by atoms with Crippen LogP contribution in [0.25, 0.3) is 5.69 Å². The molecule has 2 heterocycles. The summed E-state index contributed by atoms with van der Waals surface area (Å²) in [6, 6.07) is 4.20. The predicted octanol–water partition coefficient (Wildman–Crippen LogP) is 1.52. The van der Waals surface area contributed by atoms with Crippen molar-refractivity contribution in [2.75, 3.05) is 6.54 Å². The standard InChI is InChI=1S/C15H17F3N6O/c16-15(17,18)10-4-6-11(7-5-10)24-13(20-21-22-24)9-23-8-2-1-3-12(23)14(19)25/h4-7,12H,1-3,8-9H2,(H2,19,25). The number of aromatic nitrogens is 4. The van der Waals surface area contributed by atoms with E-state index in [1.165, 1.54) is 16.8 Å². The second-order valence-electron chi connectivity index (χ2n) is 5.94. The first-order valence-corrected chi connectivity index (χ1v) is 7.84. The average molecular weight is 354 g/mol. The number of nitrogens with two attached hydrogens (primary N) is 1. The number of rotatable bonds is 4. The second-order valence-corrected chi connectivity index (χ2v) is 5.94. The summed E-state index contributed by atoms with van der Waals surface area (Å²) in [6.07, 6.45) is -1.86. The van der Waals surface area contributed by atoms with Gasteiger partial charge in [0, 0.05) is 0 Å². The molecule has 3 rings (SSSR count). The number of likely N-dealkylation sites (tertiary alicyclic amines) is 1. The highest BCUT2D eigenvalue weighted by Gasteiger charge is 2.31. The number of primary amides is 1. The number of benzene rings is 1. The van der Waals surface area contributed by atoms with Crippen LogP contribution in [0.1, 0.15) is 30.7 Å². The van der Waals surface area contributed by atoms with Crippen LogP contribution in [0.3, 0.4) is 0 Å². The van der Waals surface area contributed by atoms with Crippen LogP contribution < -0.4 is 5.73 Å². The number of hydrogen-bond acceptors (Lipinski definition) is 5. The van der Waals surface area contributed by atoms with Gasteiger partial charge in [-0.2, -0.15) is 17.9 Å². The fraction of sp³-hybridized carbons (Fsp3) is 0.467. The molecule has 1 unspecified atom stereocenters. The minimum absolute atomic E-state index is 0.293. The maximum absolute atomic E-state index is 12.7. The van der Waals surface area contributed by atoms with Crippen molar-refractivity contribution in [1.82, 2.24) is 25.1 Å². The van der Waals surface area contributed by atoms with E-state index in [1.54, 1.807) is 0 Å². The molecule has 1 amide bonds. The Kier molecular flexibility index (Phi) is 4.71. The molecule has 1 aliphatic heterocycles. The Balaban J connectivity index is 1.82. The van der Waals surface area contributed by atoms with Crippen molar-refractivity contribution in [2.24, 2.45) is 5.73 Å². The third-order valence-electron chi connectivity index (χ3n) is 4.26. The Morgan fingerprint density at radius 2 is 1.96 bits per heavy atom. The molecule has 0 radical (unpaired) electrons. The maximum Gasteiger partial charge on any atom is 0.416 e. The van der Waals surface area contributed by atoms with Crippen LogP contribution in [-0.4, -0.2) is 43.6 Å².